The largest absolute Gasteiger partial charge is 0.325 e. The standard InChI is InChI=1S/C12H14BrN3/c1-2-9-7-10(13)3-4-12(9)16-6-5-11(8-14)15-16/h3-7H,2,8,14H2,1H3. The van der Waals surface area contributed by atoms with Crippen molar-refractivity contribution in [2.24, 2.45) is 5.73 Å². The molecule has 0 saturated heterocycles. The first-order valence-corrected chi connectivity index (χ1v) is 6.07. The van der Waals surface area contributed by atoms with Gasteiger partial charge in [0.2, 0.25) is 0 Å². The Labute approximate surface area is 103 Å². The molecule has 0 aliphatic rings. The first-order valence-electron chi connectivity index (χ1n) is 5.28. The van der Waals surface area contributed by atoms with Crippen LogP contribution in [0.4, 0.5) is 0 Å². The summed E-state index contributed by atoms with van der Waals surface area (Å²) in [6.07, 6.45) is 2.93. The van der Waals surface area contributed by atoms with Gasteiger partial charge in [0.1, 0.15) is 0 Å². The van der Waals surface area contributed by atoms with Gasteiger partial charge in [-0.25, -0.2) is 4.68 Å². The van der Waals surface area contributed by atoms with Crippen LogP contribution in [0.15, 0.2) is 34.9 Å². The second kappa shape index (κ2) is 4.80. The van der Waals surface area contributed by atoms with E-state index in [9.17, 15) is 0 Å². The van der Waals surface area contributed by atoms with Crippen LogP contribution in [0.5, 0.6) is 0 Å². The van der Waals surface area contributed by atoms with E-state index in [0.29, 0.717) is 6.54 Å². The number of aryl methyl sites for hydroxylation is 1. The van der Waals surface area contributed by atoms with E-state index in [0.717, 1.165) is 22.3 Å². The number of halogens is 1. The molecule has 4 heteroatoms. The van der Waals surface area contributed by atoms with Crippen molar-refractivity contribution in [3.8, 4) is 5.69 Å². The molecule has 0 radical (unpaired) electrons. The molecule has 1 aromatic heterocycles. The van der Waals surface area contributed by atoms with Crippen LogP contribution in [0.3, 0.4) is 0 Å². The highest BCUT2D eigenvalue weighted by Crippen LogP contribution is 2.20. The predicted octanol–water partition coefficient (Wildman–Crippen LogP) is 2.66. The summed E-state index contributed by atoms with van der Waals surface area (Å²) in [6.45, 7) is 2.61. The second-order valence-electron chi connectivity index (χ2n) is 3.58. The van der Waals surface area contributed by atoms with Crippen LogP contribution >= 0.6 is 15.9 Å². The number of aromatic nitrogens is 2. The monoisotopic (exact) mass is 279 g/mol. The lowest BCUT2D eigenvalue weighted by atomic mass is 10.1. The molecular weight excluding hydrogens is 266 g/mol. The molecular formula is C12H14BrN3. The van der Waals surface area contributed by atoms with Gasteiger partial charge in [-0.15, -0.1) is 0 Å². The molecule has 0 fully saturated rings. The topological polar surface area (TPSA) is 43.8 Å². The minimum absolute atomic E-state index is 0.477. The summed E-state index contributed by atoms with van der Waals surface area (Å²) in [5.41, 5.74) is 8.84. The fourth-order valence-corrected chi connectivity index (χ4v) is 2.07. The van der Waals surface area contributed by atoms with Crippen molar-refractivity contribution in [2.45, 2.75) is 19.9 Å². The van der Waals surface area contributed by atoms with Gasteiger partial charge in [0.25, 0.3) is 0 Å². The molecule has 0 unspecified atom stereocenters. The molecule has 2 aromatic rings. The molecule has 0 atom stereocenters. The molecule has 0 saturated carbocycles. The molecule has 2 N–H and O–H groups in total. The molecule has 0 amide bonds. The Morgan fingerprint density at radius 3 is 2.81 bits per heavy atom. The third kappa shape index (κ3) is 2.18. The smallest absolute Gasteiger partial charge is 0.0764 e. The van der Waals surface area contributed by atoms with Gasteiger partial charge in [-0.2, -0.15) is 5.10 Å². The van der Waals surface area contributed by atoms with Gasteiger partial charge in [-0.1, -0.05) is 22.9 Å². The summed E-state index contributed by atoms with van der Waals surface area (Å²) in [7, 11) is 0. The van der Waals surface area contributed by atoms with Gasteiger partial charge in [0.15, 0.2) is 0 Å². The zero-order valence-electron chi connectivity index (χ0n) is 9.15. The van der Waals surface area contributed by atoms with Gasteiger partial charge in [0, 0.05) is 17.2 Å². The van der Waals surface area contributed by atoms with Crippen molar-refractivity contribution >= 4 is 15.9 Å². The number of nitrogens with zero attached hydrogens (tertiary/aromatic N) is 2. The quantitative estimate of drug-likeness (QED) is 0.939. The third-order valence-electron chi connectivity index (χ3n) is 2.52. The summed E-state index contributed by atoms with van der Waals surface area (Å²) >= 11 is 3.48. The molecule has 0 spiro atoms. The highest BCUT2D eigenvalue weighted by atomic mass is 79.9. The third-order valence-corrected chi connectivity index (χ3v) is 3.02. The van der Waals surface area contributed by atoms with E-state index in [1.807, 2.05) is 23.0 Å². The zero-order chi connectivity index (χ0) is 11.5. The Morgan fingerprint density at radius 1 is 1.38 bits per heavy atom. The van der Waals surface area contributed by atoms with E-state index >= 15 is 0 Å². The molecule has 0 aliphatic carbocycles. The van der Waals surface area contributed by atoms with Crippen molar-refractivity contribution in [3.05, 3.63) is 46.2 Å². The van der Waals surface area contributed by atoms with Gasteiger partial charge >= 0.3 is 0 Å². The number of hydrogen-bond acceptors (Lipinski definition) is 2. The first-order chi connectivity index (χ1) is 7.74. The summed E-state index contributed by atoms with van der Waals surface area (Å²) in [5, 5.41) is 4.41. The Hall–Kier alpha value is -1.13. The van der Waals surface area contributed by atoms with Crippen molar-refractivity contribution in [1.29, 1.82) is 0 Å². The minimum atomic E-state index is 0.477. The fourth-order valence-electron chi connectivity index (χ4n) is 1.67. The van der Waals surface area contributed by atoms with E-state index in [-0.39, 0.29) is 0 Å². The van der Waals surface area contributed by atoms with Gasteiger partial charge in [0.05, 0.1) is 11.4 Å². The summed E-state index contributed by atoms with van der Waals surface area (Å²) in [6, 6.07) is 8.16. The summed E-state index contributed by atoms with van der Waals surface area (Å²) in [5.74, 6) is 0. The molecule has 0 aliphatic heterocycles. The molecule has 1 heterocycles. The van der Waals surface area contributed by atoms with Crippen molar-refractivity contribution in [1.82, 2.24) is 9.78 Å². The average molecular weight is 280 g/mol. The van der Waals surface area contributed by atoms with Crippen LogP contribution in [-0.2, 0) is 13.0 Å². The molecule has 2 rings (SSSR count). The van der Waals surface area contributed by atoms with Crippen LogP contribution in [0.2, 0.25) is 0 Å². The zero-order valence-corrected chi connectivity index (χ0v) is 10.7. The molecule has 16 heavy (non-hydrogen) atoms. The van der Waals surface area contributed by atoms with Crippen LogP contribution in [0.25, 0.3) is 5.69 Å². The molecule has 1 aromatic carbocycles. The Morgan fingerprint density at radius 2 is 2.19 bits per heavy atom. The lowest BCUT2D eigenvalue weighted by molar-refractivity contribution is 0.822. The SMILES string of the molecule is CCc1cc(Br)ccc1-n1ccc(CN)n1. The Kier molecular flexibility index (Phi) is 3.41. The van der Waals surface area contributed by atoms with Gasteiger partial charge in [-0.3, -0.25) is 0 Å². The summed E-state index contributed by atoms with van der Waals surface area (Å²) in [4.78, 5) is 0. The maximum absolute atomic E-state index is 5.55. The Balaban J connectivity index is 2.46. The van der Waals surface area contributed by atoms with Crippen molar-refractivity contribution in [3.63, 3.8) is 0 Å². The Bertz CT molecular complexity index is 491. The number of nitrogens with two attached hydrogens (primary N) is 1. The van der Waals surface area contributed by atoms with E-state index in [2.05, 4.69) is 40.1 Å². The maximum Gasteiger partial charge on any atom is 0.0764 e. The van der Waals surface area contributed by atoms with E-state index in [4.69, 9.17) is 5.73 Å². The van der Waals surface area contributed by atoms with Crippen LogP contribution in [0.1, 0.15) is 18.2 Å². The number of benzene rings is 1. The number of rotatable bonds is 3. The van der Waals surface area contributed by atoms with E-state index in [1.165, 1.54) is 5.56 Å². The minimum Gasteiger partial charge on any atom is -0.325 e. The lowest BCUT2D eigenvalue weighted by Gasteiger charge is -2.08. The van der Waals surface area contributed by atoms with Gasteiger partial charge in [-0.05, 0) is 36.2 Å². The highest BCUT2D eigenvalue weighted by Gasteiger charge is 2.05. The molecule has 84 valence electrons. The van der Waals surface area contributed by atoms with E-state index in [1.54, 1.807) is 0 Å². The second-order valence-corrected chi connectivity index (χ2v) is 4.50. The van der Waals surface area contributed by atoms with Gasteiger partial charge < -0.3 is 5.73 Å². The van der Waals surface area contributed by atoms with Crippen molar-refractivity contribution in [2.75, 3.05) is 0 Å². The summed E-state index contributed by atoms with van der Waals surface area (Å²) < 4.78 is 2.98. The first kappa shape index (κ1) is 11.4. The molecule has 0 bridgehead atoms. The highest BCUT2D eigenvalue weighted by molar-refractivity contribution is 9.10. The fraction of sp³-hybridized carbons (Fsp3) is 0.250. The number of hydrogen-bond donors (Lipinski definition) is 1. The van der Waals surface area contributed by atoms with Crippen LogP contribution < -0.4 is 5.73 Å². The molecule has 3 nitrogen and oxygen atoms in total. The average Bonchev–Trinajstić information content (AvgIpc) is 2.77. The van der Waals surface area contributed by atoms with Crippen LogP contribution in [0, 0.1) is 0 Å². The van der Waals surface area contributed by atoms with E-state index < -0.39 is 0 Å². The predicted molar refractivity (Wildman–Crippen MR) is 68.5 cm³/mol. The van der Waals surface area contributed by atoms with Crippen molar-refractivity contribution < 1.29 is 0 Å². The van der Waals surface area contributed by atoms with Crippen LogP contribution in [-0.4, -0.2) is 9.78 Å². The lowest BCUT2D eigenvalue weighted by Crippen LogP contribution is -2.02. The normalized spacial score (nSPS) is 10.7. The maximum atomic E-state index is 5.55.